The van der Waals surface area contributed by atoms with Gasteiger partial charge in [0, 0.05) is 82.3 Å². The molecule has 0 amide bonds. The second kappa shape index (κ2) is 21.6. The Labute approximate surface area is 633 Å². The van der Waals surface area contributed by atoms with Gasteiger partial charge >= 0.3 is 0 Å². The molecule has 0 spiro atoms. The van der Waals surface area contributed by atoms with Crippen molar-refractivity contribution >= 4 is 167 Å². The molecule has 0 saturated carbocycles. The van der Waals surface area contributed by atoms with E-state index in [-0.39, 0.29) is 88.1 Å². The summed E-state index contributed by atoms with van der Waals surface area (Å²) in [4.78, 5) is 4.17. The molecule has 7 heterocycles. The van der Waals surface area contributed by atoms with Crippen molar-refractivity contribution in [1.82, 2.24) is 13.7 Å². The molecule has 0 saturated heterocycles. The summed E-state index contributed by atoms with van der Waals surface area (Å²) < 4.78 is 215. The van der Waals surface area contributed by atoms with Crippen molar-refractivity contribution < 1.29 is 37.6 Å². The summed E-state index contributed by atoms with van der Waals surface area (Å²) in [5, 5.41) is 4.24. The van der Waals surface area contributed by atoms with Gasteiger partial charge in [-0.25, -0.2) is 0 Å². The summed E-state index contributed by atoms with van der Waals surface area (Å²) in [7, 11) is 0. The van der Waals surface area contributed by atoms with Gasteiger partial charge in [-0.2, -0.15) is 0 Å². The maximum atomic E-state index is 9.78. The Bertz CT molecular complexity index is 7990. The third-order valence-electron chi connectivity index (χ3n) is 21.5. The van der Waals surface area contributed by atoms with Crippen LogP contribution in [-0.4, -0.2) is 20.4 Å². The van der Waals surface area contributed by atoms with Crippen molar-refractivity contribution in [3.63, 3.8) is 0 Å². The highest BCUT2D eigenvalue weighted by Crippen LogP contribution is 2.53. The average Bonchev–Trinajstić information content (AvgIpc) is 1.45. The van der Waals surface area contributed by atoms with Gasteiger partial charge in [0.25, 0.3) is 6.71 Å². The van der Waals surface area contributed by atoms with E-state index in [1.165, 1.54) is 20.3 Å². The molecule has 14 aromatic carbocycles. The van der Waals surface area contributed by atoms with E-state index in [1.54, 1.807) is 30.3 Å². The van der Waals surface area contributed by atoms with Gasteiger partial charge in [0.1, 0.15) is 0 Å². The SMILES string of the molecule is [2H]c1c([2H])c([2H])c(-c2ccc3c(c2)N(c2cccc4c2oc2c(-n5c6c([2H])c([2H])c([2H])c([2H])c6c6c([2H])c([2H])c([2H])c([2H])c65)cccc24)c2cc(C(C)(C)C)cc4c2B3c2ccc(-n3c5c([2H])c([2H])c([2H])c([2H])c5c5c([2H])c([2H])c([2H])c([2H])c53)cc2N4c2cccc3c2oc2c(-n4c5ccc(C(C)(C)C)cc5c5cc(C(C)(C)C)ccc54)cccc23)c([2H])c1[2H]. The second-order valence-electron chi connectivity index (χ2n) is 30.5. The number of aromatic nitrogens is 3. The minimum absolute atomic E-state index is 0.0889. The molecule has 0 bridgehead atoms. The standard InChI is InChI=1S/C96H74BN5O2/c1-94(2,3)59-44-49-79-71(52-59)72-53-60(95(4,5)6)45-50-80(72)100(79)82-40-22-32-68-70-34-24-42-84(93(70)104-91(68)82)102-86-56-62(98-75-35-17-13-27-63(75)64-28-14-18-36-76(64)98)46-48-74(86)97-73-47-43-58(57-25-11-10-12-26-57)51-85(73)101(87-54-61(96(7,8)9)55-88(102)89(87)97)83-41-23-33-69-67-31-21-39-81(90(67)103-92(69)83)99-77-37-19-15-29-65(77)66-30-16-20-38-78(66)99/h10-56H,1-9H3/i10D,11D,12D,13D,14D,15D,16D,17D,18D,19D,20D,25D,26D,27D,28D,29D,30D,35D,36D,37D,38D. The molecule has 104 heavy (non-hydrogen) atoms. The number of anilines is 6. The number of hydrogen-bond donors (Lipinski definition) is 0. The Kier molecular flexibility index (Phi) is 8.92. The van der Waals surface area contributed by atoms with E-state index >= 15 is 0 Å². The van der Waals surface area contributed by atoms with Crippen LogP contribution in [0.3, 0.4) is 0 Å². The summed E-state index contributed by atoms with van der Waals surface area (Å²) in [5.74, 6) is 0. The highest BCUT2D eigenvalue weighted by atomic mass is 16.3. The molecule has 498 valence electrons. The van der Waals surface area contributed by atoms with Crippen LogP contribution < -0.4 is 26.2 Å². The van der Waals surface area contributed by atoms with Crippen molar-refractivity contribution in [3.8, 4) is 28.2 Å². The molecule has 7 nitrogen and oxygen atoms in total. The fraction of sp³-hybridized carbons (Fsp3) is 0.125. The molecule has 21 rings (SSSR count). The Morgan fingerprint density at radius 3 is 1.12 bits per heavy atom. The highest BCUT2D eigenvalue weighted by Gasteiger charge is 2.46. The van der Waals surface area contributed by atoms with Crippen LogP contribution in [0, 0.1) is 0 Å². The van der Waals surface area contributed by atoms with E-state index in [0.717, 1.165) is 43.8 Å². The lowest BCUT2D eigenvalue weighted by Crippen LogP contribution is -2.61. The summed E-state index contributed by atoms with van der Waals surface area (Å²) in [6.45, 7) is 18.7. The zero-order valence-corrected chi connectivity index (χ0v) is 58.1. The third kappa shape index (κ3) is 8.66. The largest absolute Gasteiger partial charge is 0.452 e. The van der Waals surface area contributed by atoms with E-state index in [0.29, 0.717) is 72.5 Å². The van der Waals surface area contributed by atoms with Gasteiger partial charge in [0.2, 0.25) is 0 Å². The molecule has 8 heteroatoms. The first-order valence-electron chi connectivity index (χ1n) is 45.4. The maximum absolute atomic E-state index is 9.78. The van der Waals surface area contributed by atoms with Crippen molar-refractivity contribution in [1.29, 1.82) is 0 Å². The quantitative estimate of drug-likeness (QED) is 0.156. The Hall–Kier alpha value is -12.3. The molecule has 19 aromatic rings. The third-order valence-corrected chi connectivity index (χ3v) is 21.5. The number of para-hydroxylation sites is 8. The molecular weight excluding hydrogens is 1270 g/mol. The molecule has 0 aliphatic carbocycles. The second-order valence-corrected chi connectivity index (χ2v) is 30.5. The van der Waals surface area contributed by atoms with Gasteiger partial charge in [-0.3, -0.25) is 0 Å². The summed E-state index contributed by atoms with van der Waals surface area (Å²) in [6.07, 6.45) is 0. The first kappa shape index (κ1) is 42.9. The van der Waals surface area contributed by atoms with Gasteiger partial charge in [-0.15, -0.1) is 0 Å². The van der Waals surface area contributed by atoms with Gasteiger partial charge in [0.05, 0.1) is 84.6 Å². The average molecular weight is 1360 g/mol. The summed E-state index contributed by atoms with van der Waals surface area (Å²) in [5.41, 5.74) is 11.4. The van der Waals surface area contributed by atoms with Crippen LogP contribution in [0.2, 0.25) is 0 Å². The van der Waals surface area contributed by atoms with Gasteiger partial charge in [0.15, 0.2) is 22.3 Å². The Morgan fingerprint density at radius 2 is 0.663 bits per heavy atom. The number of fused-ring (bicyclic) bond motifs is 19. The van der Waals surface area contributed by atoms with Crippen LogP contribution in [-0.2, 0) is 16.2 Å². The van der Waals surface area contributed by atoms with Crippen LogP contribution in [0.25, 0.3) is 137 Å². The minimum atomic E-state index is -0.826. The van der Waals surface area contributed by atoms with Crippen LogP contribution >= 0.6 is 0 Å². The normalized spacial score (nSPS) is 16.2. The van der Waals surface area contributed by atoms with Crippen molar-refractivity contribution in [2.75, 3.05) is 9.80 Å². The molecule has 2 aliphatic heterocycles. The maximum Gasteiger partial charge on any atom is 0.252 e. The number of benzene rings is 14. The number of rotatable bonds is 6. The van der Waals surface area contributed by atoms with E-state index in [2.05, 4.69) is 126 Å². The fourth-order valence-corrected chi connectivity index (χ4v) is 16.5. The predicted octanol–water partition coefficient (Wildman–Crippen LogP) is 24.4. The minimum Gasteiger partial charge on any atom is -0.452 e. The predicted molar refractivity (Wildman–Crippen MR) is 440 cm³/mol. The molecule has 0 radical (unpaired) electrons. The number of nitrogens with zero attached hydrogens (tertiary/aromatic N) is 5. The number of hydrogen-bond acceptors (Lipinski definition) is 4. The lowest BCUT2D eigenvalue weighted by molar-refractivity contribution is 0.590. The van der Waals surface area contributed by atoms with E-state index in [9.17, 15) is 16.4 Å². The van der Waals surface area contributed by atoms with E-state index in [4.69, 9.17) is 21.2 Å². The lowest BCUT2D eigenvalue weighted by atomic mass is 9.33. The molecule has 0 atom stereocenters. The number of furan rings is 2. The van der Waals surface area contributed by atoms with Crippen molar-refractivity contribution in [3.05, 3.63) is 301 Å². The molecule has 0 unspecified atom stereocenters. The molecule has 2 aliphatic rings. The van der Waals surface area contributed by atoms with Crippen LogP contribution in [0.15, 0.2) is 293 Å². The highest BCUT2D eigenvalue weighted by molar-refractivity contribution is 7.00. The van der Waals surface area contributed by atoms with Gasteiger partial charge < -0.3 is 32.3 Å². The topological polar surface area (TPSA) is 47.6 Å². The zero-order chi connectivity index (χ0) is 88.2. The van der Waals surface area contributed by atoms with Crippen LogP contribution in [0.1, 0.15) is 108 Å². The van der Waals surface area contributed by atoms with Gasteiger partial charge in [-0.1, -0.05) is 244 Å². The van der Waals surface area contributed by atoms with Gasteiger partial charge in [-0.05, 0) is 163 Å². The smallest absolute Gasteiger partial charge is 0.252 e. The first-order chi connectivity index (χ1) is 59.2. The fourth-order valence-electron chi connectivity index (χ4n) is 16.5. The summed E-state index contributed by atoms with van der Waals surface area (Å²) in [6, 6.07) is 40.1. The van der Waals surface area contributed by atoms with Crippen LogP contribution in [0.4, 0.5) is 34.1 Å². The molecule has 0 fully saturated rings. The molecule has 5 aromatic heterocycles. The van der Waals surface area contributed by atoms with E-state index < -0.39 is 139 Å². The monoisotopic (exact) mass is 1360 g/mol. The zero-order valence-electron chi connectivity index (χ0n) is 79.1. The molecule has 0 N–H and O–H groups in total. The molecular formula is C96H74BN5O2. The first-order valence-corrected chi connectivity index (χ1v) is 34.9. The van der Waals surface area contributed by atoms with Crippen LogP contribution in [0.5, 0.6) is 0 Å². The van der Waals surface area contributed by atoms with Crippen molar-refractivity contribution in [2.45, 2.75) is 78.6 Å². The van der Waals surface area contributed by atoms with E-state index in [1.807, 2.05) is 77.7 Å². The summed E-state index contributed by atoms with van der Waals surface area (Å²) >= 11 is 0. The Morgan fingerprint density at radius 1 is 0.279 bits per heavy atom. The lowest BCUT2D eigenvalue weighted by Gasteiger charge is -2.45. The Balaban J connectivity index is 0.894. The van der Waals surface area contributed by atoms with Crippen molar-refractivity contribution in [2.24, 2.45) is 0 Å².